The third-order valence-electron chi connectivity index (χ3n) is 4.57. The fourth-order valence-corrected chi connectivity index (χ4v) is 5.64. The Kier molecular flexibility index (Phi) is 2.58. The Morgan fingerprint density at radius 2 is 2.00 bits per heavy atom. The molecule has 0 radical (unpaired) electrons. The maximum absolute atomic E-state index is 11.9. The molecule has 0 aromatic rings. The molecule has 2 unspecified atom stereocenters. The third kappa shape index (κ3) is 1.79. The molecule has 4 atom stereocenters. The minimum absolute atomic E-state index is 0.112. The predicted octanol–water partition coefficient (Wildman–Crippen LogP) is 2.60. The van der Waals surface area contributed by atoms with Crippen LogP contribution in [0.5, 0.6) is 0 Å². The normalized spacial score (nSPS) is 41.6. The van der Waals surface area contributed by atoms with E-state index in [9.17, 15) is 4.79 Å². The van der Waals surface area contributed by atoms with E-state index in [0.717, 1.165) is 25.7 Å². The van der Waals surface area contributed by atoms with Crippen LogP contribution in [-0.2, 0) is 9.16 Å². The van der Waals surface area contributed by atoms with Crippen molar-refractivity contribution in [3.05, 3.63) is 0 Å². The van der Waals surface area contributed by atoms with Crippen LogP contribution in [-0.4, -0.2) is 44.1 Å². The Hall–Kier alpha value is -0.553. The van der Waals surface area contributed by atoms with Crippen molar-refractivity contribution in [2.45, 2.75) is 63.0 Å². The lowest BCUT2D eigenvalue weighted by molar-refractivity contribution is 0.0310. The van der Waals surface area contributed by atoms with E-state index in [2.05, 4.69) is 19.6 Å². The maximum Gasteiger partial charge on any atom is 0.409 e. The molecule has 18 heavy (non-hydrogen) atoms. The summed E-state index contributed by atoms with van der Waals surface area (Å²) in [5.41, 5.74) is 0.112. The molecule has 2 saturated heterocycles. The molecule has 1 aliphatic carbocycles. The van der Waals surface area contributed by atoms with Crippen LogP contribution < -0.4 is 0 Å². The summed E-state index contributed by atoms with van der Waals surface area (Å²) in [7, 11) is -0.0177. The minimum Gasteiger partial charge on any atom is -0.453 e. The monoisotopic (exact) mass is 269 g/mol. The Balaban J connectivity index is 1.77. The molecule has 0 aromatic heterocycles. The van der Waals surface area contributed by atoms with E-state index in [-0.39, 0.29) is 11.7 Å². The first-order valence-corrected chi connectivity index (χ1v) is 10.3. The number of methoxy groups -OCH3 is 1. The maximum atomic E-state index is 11.9. The zero-order valence-electron chi connectivity index (χ0n) is 11.7. The van der Waals surface area contributed by atoms with Gasteiger partial charge in [-0.25, -0.2) is 4.79 Å². The van der Waals surface area contributed by atoms with Gasteiger partial charge in [-0.15, -0.1) is 0 Å². The van der Waals surface area contributed by atoms with Crippen molar-refractivity contribution < 1.29 is 14.0 Å². The van der Waals surface area contributed by atoms with E-state index in [0.29, 0.717) is 18.0 Å². The van der Waals surface area contributed by atoms with Crippen molar-refractivity contribution in [3.8, 4) is 0 Å². The molecule has 0 N–H and O–H groups in total. The molecule has 2 bridgehead atoms. The average Bonchev–Trinajstić information content (AvgIpc) is 2.82. The van der Waals surface area contributed by atoms with Crippen LogP contribution in [0.15, 0.2) is 0 Å². The first kappa shape index (κ1) is 12.5. The third-order valence-corrected chi connectivity index (χ3v) is 5.59. The van der Waals surface area contributed by atoms with Crippen molar-refractivity contribution in [1.82, 2.24) is 4.90 Å². The molecule has 2 aliphatic heterocycles. The van der Waals surface area contributed by atoms with Crippen LogP contribution >= 0.6 is 0 Å². The topological polar surface area (TPSA) is 38.8 Å². The first-order valence-electron chi connectivity index (χ1n) is 6.93. The largest absolute Gasteiger partial charge is 0.453 e. The Morgan fingerprint density at radius 1 is 1.28 bits per heavy atom. The second kappa shape index (κ2) is 3.73. The van der Waals surface area contributed by atoms with E-state index < -0.39 is 8.32 Å². The SMILES string of the molecule is COC(=O)N1[C@@H]2CC[C@H]1C1CC1(O[Si](C)(C)C)C2. The summed E-state index contributed by atoms with van der Waals surface area (Å²) in [6.07, 6.45) is 4.27. The molecule has 3 fully saturated rings. The molecule has 2 heterocycles. The molecule has 102 valence electrons. The van der Waals surface area contributed by atoms with Gasteiger partial charge in [-0.2, -0.15) is 0 Å². The molecule has 3 aliphatic rings. The molecular weight excluding hydrogens is 246 g/mol. The Labute approximate surface area is 110 Å². The molecule has 0 spiro atoms. The van der Waals surface area contributed by atoms with Gasteiger partial charge in [-0.05, 0) is 45.3 Å². The highest BCUT2D eigenvalue weighted by atomic mass is 28.4. The van der Waals surface area contributed by atoms with Gasteiger partial charge < -0.3 is 14.1 Å². The average molecular weight is 269 g/mol. The second-order valence-electron chi connectivity index (χ2n) is 6.97. The van der Waals surface area contributed by atoms with Crippen LogP contribution in [0.1, 0.15) is 25.7 Å². The Bertz CT molecular complexity index is 381. The summed E-state index contributed by atoms with van der Waals surface area (Å²) in [5.74, 6) is 0.557. The number of fused-ring (bicyclic) bond motifs is 4. The summed E-state index contributed by atoms with van der Waals surface area (Å²) in [6.45, 7) is 6.77. The van der Waals surface area contributed by atoms with Gasteiger partial charge in [0, 0.05) is 18.0 Å². The summed E-state index contributed by atoms with van der Waals surface area (Å²) in [6, 6.07) is 0.713. The van der Waals surface area contributed by atoms with E-state index in [1.165, 1.54) is 7.11 Å². The lowest BCUT2D eigenvalue weighted by Crippen LogP contribution is -2.51. The van der Waals surface area contributed by atoms with Gasteiger partial charge in [0.25, 0.3) is 0 Å². The van der Waals surface area contributed by atoms with Crippen LogP contribution in [0.4, 0.5) is 4.79 Å². The van der Waals surface area contributed by atoms with E-state index in [1.807, 2.05) is 4.90 Å². The molecule has 4 nitrogen and oxygen atoms in total. The zero-order valence-corrected chi connectivity index (χ0v) is 12.7. The van der Waals surface area contributed by atoms with Crippen molar-refractivity contribution in [3.63, 3.8) is 0 Å². The summed E-state index contributed by atoms with van der Waals surface area (Å²) in [5, 5.41) is 0. The van der Waals surface area contributed by atoms with Gasteiger partial charge >= 0.3 is 6.09 Å². The molecule has 1 saturated carbocycles. The standard InChI is InChI=1S/C13H23NO3Si/c1-16-12(15)14-9-5-6-11(14)10-8-13(10,7-9)17-18(2,3)4/h9-11H,5-8H2,1-4H3/t9-,10?,11+,13?/m1/s1. The minimum atomic E-state index is -1.50. The highest BCUT2D eigenvalue weighted by Crippen LogP contribution is 2.62. The van der Waals surface area contributed by atoms with E-state index in [1.54, 1.807) is 0 Å². The number of amides is 1. The first-order chi connectivity index (χ1) is 8.36. The fourth-order valence-electron chi connectivity index (χ4n) is 4.10. The second-order valence-corrected chi connectivity index (χ2v) is 11.4. The highest BCUT2D eigenvalue weighted by molar-refractivity contribution is 6.69. The summed E-state index contributed by atoms with van der Waals surface area (Å²) >= 11 is 0. The Morgan fingerprint density at radius 3 is 2.61 bits per heavy atom. The van der Waals surface area contributed by atoms with E-state index in [4.69, 9.17) is 9.16 Å². The van der Waals surface area contributed by atoms with Crippen molar-refractivity contribution >= 4 is 14.4 Å². The van der Waals surface area contributed by atoms with Gasteiger partial charge in [0.15, 0.2) is 8.32 Å². The van der Waals surface area contributed by atoms with E-state index >= 15 is 0 Å². The number of carbonyl (C=O) groups excluding carboxylic acids is 1. The summed E-state index contributed by atoms with van der Waals surface area (Å²) in [4.78, 5) is 13.8. The fraction of sp³-hybridized carbons (Fsp3) is 0.923. The predicted molar refractivity (Wildman–Crippen MR) is 70.9 cm³/mol. The number of carbonyl (C=O) groups is 1. The number of nitrogens with zero attached hydrogens (tertiary/aromatic N) is 1. The zero-order chi connectivity index (χ0) is 13.1. The van der Waals surface area contributed by atoms with Crippen molar-refractivity contribution in [2.75, 3.05) is 7.11 Å². The number of hydrogen-bond acceptors (Lipinski definition) is 3. The lowest BCUT2D eigenvalue weighted by atomic mass is 10.0. The molecule has 1 amide bonds. The number of ether oxygens (including phenoxy) is 1. The lowest BCUT2D eigenvalue weighted by Gasteiger charge is -2.39. The molecule has 0 aromatic carbocycles. The van der Waals surface area contributed by atoms with Crippen LogP contribution in [0.2, 0.25) is 19.6 Å². The molecular formula is C13H23NO3Si. The van der Waals surface area contributed by atoms with Crippen LogP contribution in [0.3, 0.4) is 0 Å². The van der Waals surface area contributed by atoms with Gasteiger partial charge in [0.1, 0.15) is 0 Å². The summed E-state index contributed by atoms with van der Waals surface area (Å²) < 4.78 is 11.4. The van der Waals surface area contributed by atoms with Crippen molar-refractivity contribution in [1.29, 1.82) is 0 Å². The smallest absolute Gasteiger partial charge is 0.409 e. The van der Waals surface area contributed by atoms with Gasteiger partial charge in [-0.1, -0.05) is 0 Å². The molecule has 5 heteroatoms. The quantitative estimate of drug-likeness (QED) is 0.723. The number of piperidine rings is 1. The number of rotatable bonds is 2. The van der Waals surface area contributed by atoms with Crippen molar-refractivity contribution in [2.24, 2.45) is 5.92 Å². The number of hydrogen-bond donors (Lipinski definition) is 0. The van der Waals surface area contributed by atoms with Gasteiger partial charge in [0.2, 0.25) is 0 Å². The van der Waals surface area contributed by atoms with Gasteiger partial charge in [-0.3, -0.25) is 0 Å². The van der Waals surface area contributed by atoms with Gasteiger partial charge in [0.05, 0.1) is 12.7 Å². The van der Waals surface area contributed by atoms with Crippen LogP contribution in [0, 0.1) is 5.92 Å². The highest BCUT2D eigenvalue weighted by Gasteiger charge is 2.68. The molecule has 3 rings (SSSR count). The van der Waals surface area contributed by atoms with Crippen LogP contribution in [0.25, 0.3) is 0 Å².